The molecule has 0 aromatic carbocycles. The van der Waals surface area contributed by atoms with Crippen LogP contribution in [-0.4, -0.2) is 50.1 Å². The Hall–Kier alpha value is -1.69. The number of anilines is 1. The lowest BCUT2D eigenvalue weighted by Crippen LogP contribution is -2.23. The van der Waals surface area contributed by atoms with Crippen molar-refractivity contribution in [3.05, 3.63) is 17.8 Å². The Balaban J connectivity index is 2.64. The maximum absolute atomic E-state index is 11.3. The van der Waals surface area contributed by atoms with E-state index in [1.54, 1.807) is 26.2 Å². The van der Waals surface area contributed by atoms with E-state index < -0.39 is 5.97 Å². The second kappa shape index (κ2) is 6.80. The molecule has 1 aromatic rings. The zero-order valence-electron chi connectivity index (χ0n) is 10.3. The minimum Gasteiger partial charge on any atom is -0.461 e. The van der Waals surface area contributed by atoms with Crippen molar-refractivity contribution >= 4 is 11.8 Å². The molecule has 0 fully saturated rings. The van der Waals surface area contributed by atoms with Gasteiger partial charge in [-0.05, 0) is 19.1 Å². The van der Waals surface area contributed by atoms with Gasteiger partial charge in [0.2, 0.25) is 0 Å². The van der Waals surface area contributed by atoms with Crippen LogP contribution in [0.1, 0.15) is 17.4 Å². The normalized spacial score (nSPS) is 10.1. The first kappa shape index (κ1) is 13.4. The van der Waals surface area contributed by atoms with Crippen LogP contribution in [0.3, 0.4) is 0 Å². The van der Waals surface area contributed by atoms with Gasteiger partial charge >= 0.3 is 5.97 Å². The second-order valence-corrected chi connectivity index (χ2v) is 3.41. The fraction of sp³-hybridized carbons (Fsp3) is 0.545. The number of ether oxygens (including phenoxy) is 2. The molecule has 0 saturated carbocycles. The van der Waals surface area contributed by atoms with E-state index in [4.69, 9.17) is 9.47 Å². The first-order chi connectivity index (χ1) is 8.19. The molecule has 0 bridgehead atoms. The van der Waals surface area contributed by atoms with Gasteiger partial charge in [0.1, 0.15) is 0 Å². The molecule has 0 radical (unpaired) electrons. The average Bonchev–Trinajstić information content (AvgIpc) is 2.36. The van der Waals surface area contributed by atoms with E-state index in [1.165, 1.54) is 0 Å². The lowest BCUT2D eigenvalue weighted by molar-refractivity contribution is 0.0518. The van der Waals surface area contributed by atoms with Crippen LogP contribution in [0.5, 0.6) is 0 Å². The van der Waals surface area contributed by atoms with Crippen molar-refractivity contribution in [2.24, 2.45) is 0 Å². The quantitative estimate of drug-likeness (QED) is 0.682. The maximum Gasteiger partial charge on any atom is 0.358 e. The number of aromatic nitrogens is 2. The number of likely N-dealkylation sites (N-methyl/N-ethyl adjacent to an activating group) is 1. The van der Waals surface area contributed by atoms with Gasteiger partial charge in [0.05, 0.1) is 13.2 Å². The molecule has 0 aliphatic rings. The third-order valence-corrected chi connectivity index (χ3v) is 2.16. The summed E-state index contributed by atoms with van der Waals surface area (Å²) in [5.74, 6) is 0.237. The predicted molar refractivity (Wildman–Crippen MR) is 63.1 cm³/mol. The highest BCUT2D eigenvalue weighted by Gasteiger charge is 2.10. The number of nitrogens with zero attached hydrogens (tertiary/aromatic N) is 3. The summed E-state index contributed by atoms with van der Waals surface area (Å²) in [5.41, 5.74) is 0.218. The van der Waals surface area contributed by atoms with E-state index in [2.05, 4.69) is 10.2 Å². The molecule has 0 saturated heterocycles. The van der Waals surface area contributed by atoms with Gasteiger partial charge in [0, 0.05) is 20.7 Å². The standard InChI is InChI=1S/C11H17N3O3/c1-4-17-11(15)9-5-6-10(13-12-9)14(2)7-8-16-3/h5-6H,4,7-8H2,1-3H3. The topological polar surface area (TPSA) is 64.5 Å². The summed E-state index contributed by atoms with van der Waals surface area (Å²) in [5, 5.41) is 7.77. The Labute approximate surface area is 101 Å². The average molecular weight is 239 g/mol. The van der Waals surface area contributed by atoms with Gasteiger partial charge in [0.25, 0.3) is 0 Å². The Bertz CT molecular complexity index is 353. The number of carbonyl (C=O) groups excluding carboxylic acids is 1. The molecule has 6 nitrogen and oxygen atoms in total. The highest BCUT2D eigenvalue weighted by atomic mass is 16.5. The Morgan fingerprint density at radius 1 is 1.41 bits per heavy atom. The second-order valence-electron chi connectivity index (χ2n) is 3.41. The molecular weight excluding hydrogens is 222 g/mol. The van der Waals surface area contributed by atoms with E-state index in [0.717, 1.165) is 0 Å². The van der Waals surface area contributed by atoms with Crippen LogP contribution < -0.4 is 4.90 Å². The monoisotopic (exact) mass is 239 g/mol. The van der Waals surface area contributed by atoms with Crippen LogP contribution in [0.25, 0.3) is 0 Å². The van der Waals surface area contributed by atoms with Crippen molar-refractivity contribution in [2.75, 3.05) is 38.8 Å². The Morgan fingerprint density at radius 2 is 2.18 bits per heavy atom. The third kappa shape index (κ3) is 3.99. The van der Waals surface area contributed by atoms with Gasteiger partial charge in [-0.25, -0.2) is 4.79 Å². The van der Waals surface area contributed by atoms with Crippen LogP contribution in [0.4, 0.5) is 5.82 Å². The van der Waals surface area contributed by atoms with Crippen LogP contribution >= 0.6 is 0 Å². The van der Waals surface area contributed by atoms with E-state index in [0.29, 0.717) is 25.6 Å². The smallest absolute Gasteiger partial charge is 0.358 e. The van der Waals surface area contributed by atoms with Crippen molar-refractivity contribution in [1.29, 1.82) is 0 Å². The highest BCUT2D eigenvalue weighted by molar-refractivity contribution is 5.87. The maximum atomic E-state index is 11.3. The lowest BCUT2D eigenvalue weighted by Gasteiger charge is -2.16. The van der Waals surface area contributed by atoms with Crippen molar-refractivity contribution in [3.63, 3.8) is 0 Å². The van der Waals surface area contributed by atoms with Crippen LogP contribution in [0.2, 0.25) is 0 Å². The SMILES string of the molecule is CCOC(=O)c1ccc(N(C)CCOC)nn1. The fourth-order valence-electron chi connectivity index (χ4n) is 1.19. The molecule has 0 spiro atoms. The molecular formula is C11H17N3O3. The zero-order valence-corrected chi connectivity index (χ0v) is 10.3. The number of carbonyl (C=O) groups is 1. The summed E-state index contributed by atoms with van der Waals surface area (Å²) in [6.45, 7) is 3.40. The Kier molecular flexibility index (Phi) is 5.35. The fourth-order valence-corrected chi connectivity index (χ4v) is 1.19. The highest BCUT2D eigenvalue weighted by Crippen LogP contribution is 2.07. The zero-order chi connectivity index (χ0) is 12.7. The van der Waals surface area contributed by atoms with E-state index >= 15 is 0 Å². The number of hydrogen-bond acceptors (Lipinski definition) is 6. The van der Waals surface area contributed by atoms with Crippen molar-refractivity contribution in [1.82, 2.24) is 10.2 Å². The number of methoxy groups -OCH3 is 1. The van der Waals surface area contributed by atoms with Crippen LogP contribution in [0, 0.1) is 0 Å². The summed E-state index contributed by atoms with van der Waals surface area (Å²) >= 11 is 0. The minimum atomic E-state index is -0.453. The van der Waals surface area contributed by atoms with E-state index in [9.17, 15) is 4.79 Å². The summed E-state index contributed by atoms with van der Waals surface area (Å²) in [7, 11) is 3.52. The summed E-state index contributed by atoms with van der Waals surface area (Å²) < 4.78 is 9.78. The predicted octanol–water partition coefficient (Wildman–Crippen LogP) is 0.736. The number of hydrogen-bond donors (Lipinski definition) is 0. The summed E-state index contributed by atoms with van der Waals surface area (Å²) in [6, 6.07) is 3.33. The molecule has 0 unspecified atom stereocenters. The molecule has 0 N–H and O–H groups in total. The summed E-state index contributed by atoms with van der Waals surface area (Å²) in [6.07, 6.45) is 0. The van der Waals surface area contributed by atoms with Gasteiger partial charge in [-0.2, -0.15) is 0 Å². The number of esters is 1. The van der Waals surface area contributed by atoms with Gasteiger partial charge in [-0.3, -0.25) is 0 Å². The van der Waals surface area contributed by atoms with Crippen molar-refractivity contribution < 1.29 is 14.3 Å². The van der Waals surface area contributed by atoms with Gasteiger partial charge in [0.15, 0.2) is 11.5 Å². The van der Waals surface area contributed by atoms with Gasteiger partial charge in [-0.15, -0.1) is 10.2 Å². The van der Waals surface area contributed by atoms with Gasteiger partial charge in [-0.1, -0.05) is 0 Å². The number of rotatable bonds is 6. The van der Waals surface area contributed by atoms with Crippen LogP contribution in [-0.2, 0) is 9.47 Å². The third-order valence-electron chi connectivity index (χ3n) is 2.16. The molecule has 94 valence electrons. The molecule has 1 heterocycles. The molecule has 17 heavy (non-hydrogen) atoms. The minimum absolute atomic E-state index is 0.218. The molecule has 0 atom stereocenters. The molecule has 0 aliphatic heterocycles. The first-order valence-corrected chi connectivity index (χ1v) is 5.40. The lowest BCUT2D eigenvalue weighted by atomic mass is 10.4. The van der Waals surface area contributed by atoms with Crippen LogP contribution in [0.15, 0.2) is 12.1 Å². The molecule has 1 rings (SSSR count). The van der Waals surface area contributed by atoms with Crippen molar-refractivity contribution in [2.45, 2.75) is 6.92 Å². The van der Waals surface area contributed by atoms with Gasteiger partial charge < -0.3 is 14.4 Å². The Morgan fingerprint density at radius 3 is 2.71 bits per heavy atom. The largest absolute Gasteiger partial charge is 0.461 e. The summed E-state index contributed by atoms with van der Waals surface area (Å²) in [4.78, 5) is 13.2. The molecule has 6 heteroatoms. The molecule has 0 aliphatic carbocycles. The van der Waals surface area contributed by atoms with E-state index in [-0.39, 0.29) is 5.69 Å². The molecule has 0 amide bonds. The first-order valence-electron chi connectivity index (χ1n) is 5.40. The molecule has 1 aromatic heterocycles. The van der Waals surface area contributed by atoms with E-state index in [1.807, 2.05) is 11.9 Å². The van der Waals surface area contributed by atoms with Crippen molar-refractivity contribution in [3.8, 4) is 0 Å².